The Morgan fingerprint density at radius 3 is 1.43 bits per heavy atom. The molecule has 12 nitrogen and oxygen atoms in total. The molecule has 0 fully saturated rings. The van der Waals surface area contributed by atoms with E-state index in [0.717, 1.165) is 34.9 Å². The van der Waals surface area contributed by atoms with Crippen molar-refractivity contribution in [3.63, 3.8) is 0 Å². The maximum absolute atomic E-state index is 14.5. The molecule has 0 unspecified atom stereocenters. The van der Waals surface area contributed by atoms with Crippen LogP contribution in [0, 0.1) is 30.9 Å². The summed E-state index contributed by atoms with van der Waals surface area (Å²) < 4.78 is 64.1. The van der Waals surface area contributed by atoms with Crippen molar-refractivity contribution in [3.8, 4) is 11.5 Å². The Kier molecular flexibility index (Phi) is 8.30. The van der Waals surface area contributed by atoms with Crippen LogP contribution in [0.3, 0.4) is 0 Å². The number of nitrogens with one attached hydrogen (secondary N) is 1. The quantitative estimate of drug-likeness (QED) is 0.0981. The molecule has 0 heterocycles. The maximum atomic E-state index is 14.5. The lowest BCUT2D eigenvalue weighted by Gasteiger charge is -2.24. The Hall–Kier alpha value is -5.86. The molecule has 248 valence electrons. The number of ketones is 2. The van der Waals surface area contributed by atoms with Crippen molar-refractivity contribution in [1.82, 2.24) is 0 Å². The molecule has 0 radical (unpaired) electrons. The summed E-state index contributed by atoms with van der Waals surface area (Å²) in [5.41, 5.74) is -0.323. The van der Waals surface area contributed by atoms with Gasteiger partial charge in [0.25, 0.3) is 5.69 Å². The lowest BCUT2D eigenvalue weighted by molar-refractivity contribution is -0.385. The molecule has 14 heteroatoms. The summed E-state index contributed by atoms with van der Waals surface area (Å²) in [5, 5.41) is 15.2. The van der Waals surface area contributed by atoms with Gasteiger partial charge in [-0.3, -0.25) is 19.7 Å². The van der Waals surface area contributed by atoms with Gasteiger partial charge in [0.15, 0.2) is 11.5 Å². The van der Waals surface area contributed by atoms with Crippen LogP contribution in [0.5, 0.6) is 11.5 Å². The van der Waals surface area contributed by atoms with Crippen molar-refractivity contribution >= 4 is 48.9 Å². The van der Waals surface area contributed by atoms with Crippen LogP contribution in [0.4, 0.5) is 17.1 Å². The number of carbonyl (C=O) groups is 2. The second-order valence-corrected chi connectivity index (χ2v) is 14.4. The van der Waals surface area contributed by atoms with Crippen LogP contribution in [0.2, 0.25) is 0 Å². The minimum absolute atomic E-state index is 0.0155. The van der Waals surface area contributed by atoms with E-state index in [4.69, 9.17) is 8.37 Å². The number of benzene rings is 5. The average Bonchev–Trinajstić information content (AvgIpc) is 3.05. The van der Waals surface area contributed by atoms with E-state index < -0.39 is 76.2 Å². The molecule has 6 rings (SSSR count). The van der Waals surface area contributed by atoms with Crippen LogP contribution < -0.4 is 13.7 Å². The van der Waals surface area contributed by atoms with Crippen molar-refractivity contribution in [2.75, 3.05) is 5.32 Å². The Labute approximate surface area is 281 Å². The third-order valence-corrected chi connectivity index (χ3v) is 10.3. The van der Waals surface area contributed by atoms with Gasteiger partial charge in [-0.05, 0) is 75.4 Å². The van der Waals surface area contributed by atoms with Gasteiger partial charge in [0, 0.05) is 11.8 Å². The zero-order valence-electron chi connectivity index (χ0n) is 26.1. The van der Waals surface area contributed by atoms with E-state index in [1.807, 2.05) is 6.92 Å². The van der Waals surface area contributed by atoms with Gasteiger partial charge >= 0.3 is 20.2 Å². The summed E-state index contributed by atoms with van der Waals surface area (Å²) in [6.45, 7) is 5.37. The van der Waals surface area contributed by atoms with Gasteiger partial charge in [-0.25, -0.2) is 0 Å². The highest BCUT2D eigenvalue weighted by molar-refractivity contribution is 7.87. The second kappa shape index (κ2) is 12.3. The first-order chi connectivity index (χ1) is 23.2. The van der Waals surface area contributed by atoms with Crippen molar-refractivity contribution in [2.45, 2.75) is 30.6 Å². The summed E-state index contributed by atoms with van der Waals surface area (Å²) >= 11 is 0. The van der Waals surface area contributed by atoms with Gasteiger partial charge in [0.1, 0.15) is 15.4 Å². The summed E-state index contributed by atoms with van der Waals surface area (Å²) in [4.78, 5) is 39.7. The smallest absolute Gasteiger partial charge is 0.339 e. The van der Waals surface area contributed by atoms with E-state index in [2.05, 4.69) is 5.32 Å². The van der Waals surface area contributed by atoms with Crippen LogP contribution in [0.25, 0.3) is 0 Å². The number of carbonyl (C=O) groups excluding carboxylic acids is 2. The van der Waals surface area contributed by atoms with Crippen LogP contribution >= 0.6 is 0 Å². The minimum atomic E-state index is -4.60. The van der Waals surface area contributed by atoms with Crippen LogP contribution in [-0.4, -0.2) is 33.3 Å². The van der Waals surface area contributed by atoms with E-state index in [9.17, 15) is 36.5 Å². The molecule has 0 bridgehead atoms. The van der Waals surface area contributed by atoms with E-state index in [0.29, 0.717) is 5.69 Å². The first-order valence-electron chi connectivity index (χ1n) is 14.6. The molecular weight excluding hydrogens is 673 g/mol. The van der Waals surface area contributed by atoms with E-state index in [1.165, 1.54) is 42.5 Å². The molecule has 1 aliphatic rings. The molecule has 1 aliphatic carbocycles. The average molecular weight is 699 g/mol. The summed E-state index contributed by atoms with van der Waals surface area (Å²) in [7, 11) is -9.17. The Morgan fingerprint density at radius 2 is 0.959 bits per heavy atom. The Bertz CT molecular complexity index is 2410. The number of nitro benzene ring substituents is 1. The van der Waals surface area contributed by atoms with E-state index in [1.54, 1.807) is 50.2 Å². The highest BCUT2D eigenvalue weighted by Gasteiger charge is 2.43. The fraction of sp³-hybridized carbons (Fsp3) is 0.0857. The number of fused-ring (bicyclic) bond motifs is 2. The zero-order valence-corrected chi connectivity index (χ0v) is 27.7. The van der Waals surface area contributed by atoms with Crippen LogP contribution in [-0.2, 0) is 20.2 Å². The van der Waals surface area contributed by atoms with Gasteiger partial charge in [-0.15, -0.1) is 0 Å². The standard InChI is InChI=1S/C35H26N2O10S2/c1-20-4-10-23(11-5-20)36-26-16-18-28(46-48(42,43)24-12-6-21(2)7-13-24)32-30(26)34(38)33-29(19-17-27(37(40)41)31(33)35(32)39)47-49(44,45)25-14-8-22(3)9-15-25/h4-19,36H,1-3H3. The number of rotatable bonds is 9. The fourth-order valence-corrected chi connectivity index (χ4v) is 7.13. The molecule has 5 aromatic rings. The number of hydrogen-bond acceptors (Lipinski definition) is 11. The number of aryl methyl sites for hydroxylation is 3. The third kappa shape index (κ3) is 6.26. The summed E-state index contributed by atoms with van der Waals surface area (Å²) in [5.74, 6) is -3.40. The highest BCUT2D eigenvalue weighted by atomic mass is 32.2. The van der Waals surface area contributed by atoms with Gasteiger partial charge in [0.05, 0.1) is 27.3 Å². The Balaban J connectivity index is 1.56. The lowest BCUT2D eigenvalue weighted by atomic mass is 9.81. The molecule has 0 spiro atoms. The molecule has 0 saturated carbocycles. The molecule has 49 heavy (non-hydrogen) atoms. The topological polar surface area (TPSA) is 176 Å². The van der Waals surface area contributed by atoms with Crippen LogP contribution in [0.1, 0.15) is 48.5 Å². The normalized spacial score (nSPS) is 12.6. The third-order valence-electron chi connectivity index (χ3n) is 7.77. The summed E-state index contributed by atoms with van der Waals surface area (Å²) in [6.07, 6.45) is 0. The van der Waals surface area contributed by atoms with Gasteiger partial charge in [0.2, 0.25) is 11.6 Å². The molecular formula is C35H26N2O10S2. The van der Waals surface area contributed by atoms with Crippen LogP contribution in [0.15, 0.2) is 107 Å². The first-order valence-corrected chi connectivity index (χ1v) is 17.4. The molecule has 0 amide bonds. The van der Waals surface area contributed by atoms with Gasteiger partial charge in [-0.1, -0.05) is 53.1 Å². The fourth-order valence-electron chi connectivity index (χ4n) is 5.25. The highest BCUT2D eigenvalue weighted by Crippen LogP contribution is 2.45. The van der Waals surface area contributed by atoms with E-state index in [-0.39, 0.29) is 15.5 Å². The Morgan fingerprint density at radius 1 is 0.551 bits per heavy atom. The molecule has 0 saturated heterocycles. The number of nitro groups is 1. The second-order valence-electron chi connectivity index (χ2n) is 11.3. The monoisotopic (exact) mass is 698 g/mol. The molecule has 0 aromatic heterocycles. The number of hydrogen-bond donors (Lipinski definition) is 1. The number of anilines is 2. The number of nitrogens with zero attached hydrogens (tertiary/aromatic N) is 1. The van der Waals surface area contributed by atoms with Gasteiger partial charge < -0.3 is 13.7 Å². The SMILES string of the molecule is Cc1ccc(Nc2ccc(OS(=O)(=O)c3ccc(C)cc3)c3c2C(=O)c2c(OS(=O)(=O)c4ccc(C)cc4)ccc([N+](=O)[O-])c2C3=O)cc1. The van der Waals surface area contributed by atoms with E-state index >= 15 is 0 Å². The molecule has 0 atom stereocenters. The molecule has 0 aliphatic heterocycles. The first kappa shape index (κ1) is 33.1. The summed E-state index contributed by atoms with van der Waals surface area (Å²) in [6, 6.07) is 22.5. The van der Waals surface area contributed by atoms with Crippen molar-refractivity contribution in [2.24, 2.45) is 0 Å². The van der Waals surface area contributed by atoms with Crippen molar-refractivity contribution in [1.29, 1.82) is 0 Å². The molecule has 5 aromatic carbocycles. The minimum Gasteiger partial charge on any atom is -0.378 e. The zero-order chi connectivity index (χ0) is 35.2. The lowest BCUT2D eigenvalue weighted by Crippen LogP contribution is -2.26. The maximum Gasteiger partial charge on any atom is 0.339 e. The predicted octanol–water partition coefficient (Wildman–Crippen LogP) is 6.57. The van der Waals surface area contributed by atoms with Crippen molar-refractivity contribution < 1.29 is 39.7 Å². The predicted molar refractivity (Wildman–Crippen MR) is 179 cm³/mol. The largest absolute Gasteiger partial charge is 0.378 e. The molecule has 1 N–H and O–H groups in total. The van der Waals surface area contributed by atoms with Gasteiger partial charge in [-0.2, -0.15) is 16.8 Å². The van der Waals surface area contributed by atoms with Crippen molar-refractivity contribution in [3.05, 3.63) is 146 Å².